The van der Waals surface area contributed by atoms with E-state index in [4.69, 9.17) is 9.47 Å². The first-order valence-corrected chi connectivity index (χ1v) is 10.2. The summed E-state index contributed by atoms with van der Waals surface area (Å²) >= 11 is 0. The van der Waals surface area contributed by atoms with Crippen LogP contribution in [0.3, 0.4) is 0 Å². The Labute approximate surface area is 170 Å². The number of carbonyl (C=O) groups excluding carboxylic acids is 2. The van der Waals surface area contributed by atoms with Crippen molar-refractivity contribution in [1.82, 2.24) is 4.90 Å². The minimum atomic E-state index is -0.449. The summed E-state index contributed by atoms with van der Waals surface area (Å²) in [7, 11) is 0. The van der Waals surface area contributed by atoms with Crippen LogP contribution in [0.25, 0.3) is 0 Å². The van der Waals surface area contributed by atoms with Crippen molar-refractivity contribution in [1.29, 1.82) is 0 Å². The predicted octanol–water partition coefficient (Wildman–Crippen LogP) is 3.61. The molecule has 0 aromatic heterocycles. The summed E-state index contributed by atoms with van der Waals surface area (Å²) in [5, 5.41) is 2.86. The van der Waals surface area contributed by atoms with Crippen molar-refractivity contribution in [3.8, 4) is 11.5 Å². The van der Waals surface area contributed by atoms with E-state index in [1.54, 1.807) is 6.07 Å². The fraction of sp³-hybridized carbons (Fsp3) is 0.391. The highest BCUT2D eigenvalue weighted by atomic mass is 16.5. The molecule has 4 rings (SSSR count). The number of carbonyl (C=O) groups is 2. The molecule has 1 aliphatic carbocycles. The van der Waals surface area contributed by atoms with Gasteiger partial charge in [-0.05, 0) is 55.5 Å². The SMILES string of the molecule is CCC1Oc2ccc(NC(=O)COc3ccccc3)cc2CN(CC2CC2)C1=O. The zero-order valence-corrected chi connectivity index (χ0v) is 16.6. The molecule has 1 unspecified atom stereocenters. The molecule has 1 atom stereocenters. The summed E-state index contributed by atoms with van der Waals surface area (Å²) in [5.74, 6) is 1.79. The second kappa shape index (κ2) is 8.55. The molecule has 6 nitrogen and oxygen atoms in total. The Kier molecular flexibility index (Phi) is 5.69. The van der Waals surface area contributed by atoms with Gasteiger partial charge in [0.2, 0.25) is 0 Å². The van der Waals surface area contributed by atoms with Crippen molar-refractivity contribution in [2.75, 3.05) is 18.5 Å². The van der Waals surface area contributed by atoms with Crippen LogP contribution in [-0.2, 0) is 16.1 Å². The van der Waals surface area contributed by atoms with Crippen LogP contribution in [0.2, 0.25) is 0 Å². The number of hydrogen-bond donors (Lipinski definition) is 1. The fourth-order valence-electron chi connectivity index (χ4n) is 3.47. The molecule has 152 valence electrons. The van der Waals surface area contributed by atoms with Gasteiger partial charge in [-0.25, -0.2) is 0 Å². The Morgan fingerprint density at radius 2 is 2.00 bits per heavy atom. The molecular formula is C23H26N2O4. The summed E-state index contributed by atoms with van der Waals surface area (Å²) in [4.78, 5) is 27.0. The molecule has 2 amide bonds. The maximum atomic E-state index is 12.8. The summed E-state index contributed by atoms with van der Waals surface area (Å²) in [6.07, 6.45) is 2.56. The van der Waals surface area contributed by atoms with E-state index in [0.717, 1.165) is 12.1 Å². The number of nitrogens with zero attached hydrogens (tertiary/aromatic N) is 1. The van der Waals surface area contributed by atoms with E-state index in [1.165, 1.54) is 12.8 Å². The molecular weight excluding hydrogens is 368 g/mol. The van der Waals surface area contributed by atoms with Gasteiger partial charge in [0.1, 0.15) is 11.5 Å². The normalized spacial score (nSPS) is 18.4. The van der Waals surface area contributed by atoms with Gasteiger partial charge >= 0.3 is 0 Å². The molecule has 0 radical (unpaired) electrons. The lowest BCUT2D eigenvalue weighted by Gasteiger charge is -2.23. The van der Waals surface area contributed by atoms with E-state index < -0.39 is 6.10 Å². The van der Waals surface area contributed by atoms with E-state index in [-0.39, 0.29) is 18.4 Å². The largest absolute Gasteiger partial charge is 0.484 e. The number of benzene rings is 2. The molecule has 2 aliphatic rings. The Morgan fingerprint density at radius 1 is 1.21 bits per heavy atom. The summed E-state index contributed by atoms with van der Waals surface area (Å²) in [6, 6.07) is 14.7. The zero-order chi connectivity index (χ0) is 20.2. The van der Waals surface area contributed by atoms with E-state index in [0.29, 0.717) is 36.1 Å². The first kappa shape index (κ1) is 19.3. The van der Waals surface area contributed by atoms with Crippen molar-refractivity contribution in [3.63, 3.8) is 0 Å². The lowest BCUT2D eigenvalue weighted by molar-refractivity contribution is -0.138. The number of anilines is 1. The number of para-hydroxylation sites is 1. The van der Waals surface area contributed by atoms with E-state index >= 15 is 0 Å². The maximum absolute atomic E-state index is 12.8. The van der Waals surface area contributed by atoms with Crippen LogP contribution >= 0.6 is 0 Å². The molecule has 1 N–H and O–H groups in total. The van der Waals surface area contributed by atoms with Gasteiger partial charge in [0.05, 0.1) is 0 Å². The smallest absolute Gasteiger partial charge is 0.263 e. The van der Waals surface area contributed by atoms with Crippen molar-refractivity contribution in [3.05, 3.63) is 54.1 Å². The third kappa shape index (κ3) is 4.88. The van der Waals surface area contributed by atoms with E-state index in [2.05, 4.69) is 5.32 Å². The van der Waals surface area contributed by atoms with Crippen molar-refractivity contribution in [2.24, 2.45) is 5.92 Å². The van der Waals surface area contributed by atoms with Crippen molar-refractivity contribution < 1.29 is 19.1 Å². The van der Waals surface area contributed by atoms with E-state index in [1.807, 2.05) is 54.3 Å². The van der Waals surface area contributed by atoms with Gasteiger partial charge in [0, 0.05) is 24.3 Å². The fourth-order valence-corrected chi connectivity index (χ4v) is 3.47. The van der Waals surface area contributed by atoms with Gasteiger partial charge in [0.25, 0.3) is 11.8 Å². The number of amides is 2. The second-order valence-electron chi connectivity index (χ2n) is 7.65. The van der Waals surface area contributed by atoms with Gasteiger partial charge in [-0.1, -0.05) is 25.1 Å². The number of ether oxygens (including phenoxy) is 2. The molecule has 0 saturated heterocycles. The molecule has 0 bridgehead atoms. The van der Waals surface area contributed by atoms with Crippen LogP contribution in [-0.4, -0.2) is 36.0 Å². The van der Waals surface area contributed by atoms with Gasteiger partial charge in [0.15, 0.2) is 12.7 Å². The molecule has 2 aromatic carbocycles. The minimum Gasteiger partial charge on any atom is -0.484 e. The Balaban J connectivity index is 1.44. The molecule has 1 aliphatic heterocycles. The monoisotopic (exact) mass is 394 g/mol. The molecule has 2 aromatic rings. The van der Waals surface area contributed by atoms with Crippen LogP contribution in [0.15, 0.2) is 48.5 Å². The summed E-state index contributed by atoms with van der Waals surface area (Å²) in [5.41, 5.74) is 1.58. The molecule has 0 spiro atoms. The van der Waals surface area contributed by atoms with Gasteiger partial charge in [-0.2, -0.15) is 0 Å². The van der Waals surface area contributed by atoms with Gasteiger partial charge in [-0.3, -0.25) is 9.59 Å². The Morgan fingerprint density at radius 3 is 2.72 bits per heavy atom. The van der Waals surface area contributed by atoms with E-state index in [9.17, 15) is 9.59 Å². The third-order valence-electron chi connectivity index (χ3n) is 5.22. The average molecular weight is 394 g/mol. The standard InChI is InChI=1S/C23H26N2O4/c1-2-20-23(27)25(13-16-8-9-16)14-17-12-18(10-11-21(17)29-20)24-22(26)15-28-19-6-4-3-5-7-19/h3-7,10-12,16,20H,2,8-9,13-15H2,1H3,(H,24,26). The highest BCUT2D eigenvalue weighted by Gasteiger charge is 2.33. The molecule has 6 heteroatoms. The highest BCUT2D eigenvalue weighted by molar-refractivity contribution is 5.92. The van der Waals surface area contributed by atoms with Crippen LogP contribution < -0.4 is 14.8 Å². The van der Waals surface area contributed by atoms with Crippen LogP contribution in [0.1, 0.15) is 31.7 Å². The van der Waals surface area contributed by atoms with Crippen LogP contribution in [0, 0.1) is 5.92 Å². The quantitative estimate of drug-likeness (QED) is 0.779. The van der Waals surface area contributed by atoms with Gasteiger partial charge in [-0.15, -0.1) is 0 Å². The Hall–Kier alpha value is -3.02. The second-order valence-corrected chi connectivity index (χ2v) is 7.65. The van der Waals surface area contributed by atoms with Crippen molar-refractivity contribution in [2.45, 2.75) is 38.8 Å². The van der Waals surface area contributed by atoms with Crippen LogP contribution in [0.4, 0.5) is 5.69 Å². The summed E-state index contributed by atoms with van der Waals surface area (Å²) < 4.78 is 11.5. The van der Waals surface area contributed by atoms with Gasteiger partial charge < -0.3 is 19.7 Å². The lowest BCUT2D eigenvalue weighted by atomic mass is 10.1. The number of nitrogens with one attached hydrogen (secondary N) is 1. The van der Waals surface area contributed by atoms with Crippen molar-refractivity contribution >= 4 is 17.5 Å². The lowest BCUT2D eigenvalue weighted by Crippen LogP contribution is -2.40. The average Bonchev–Trinajstić information content (AvgIpc) is 3.56. The highest BCUT2D eigenvalue weighted by Crippen LogP contribution is 2.34. The third-order valence-corrected chi connectivity index (χ3v) is 5.22. The maximum Gasteiger partial charge on any atom is 0.263 e. The Bertz CT molecular complexity index is 880. The molecule has 29 heavy (non-hydrogen) atoms. The first-order valence-electron chi connectivity index (χ1n) is 10.2. The topological polar surface area (TPSA) is 67.9 Å². The molecule has 1 saturated carbocycles. The number of rotatable bonds is 7. The number of fused-ring (bicyclic) bond motifs is 1. The molecule has 1 fully saturated rings. The first-order chi connectivity index (χ1) is 14.1. The number of hydrogen-bond acceptors (Lipinski definition) is 4. The minimum absolute atomic E-state index is 0.0532. The van der Waals surface area contributed by atoms with Crippen LogP contribution in [0.5, 0.6) is 11.5 Å². The summed E-state index contributed by atoms with van der Waals surface area (Å²) in [6.45, 7) is 3.18. The molecule has 1 heterocycles. The zero-order valence-electron chi connectivity index (χ0n) is 16.6. The predicted molar refractivity (Wildman–Crippen MR) is 110 cm³/mol.